The SMILES string of the molecule is CC.CN(C)C1CC(N)C1. The number of rotatable bonds is 1. The molecule has 1 saturated carbocycles. The minimum atomic E-state index is 0.488. The number of hydrogen-bond donors (Lipinski definition) is 1. The van der Waals surface area contributed by atoms with Crippen molar-refractivity contribution in [2.75, 3.05) is 14.1 Å². The predicted octanol–water partition coefficient (Wildman–Crippen LogP) is 1.06. The highest BCUT2D eigenvalue weighted by atomic mass is 15.1. The van der Waals surface area contributed by atoms with Crippen molar-refractivity contribution in [2.24, 2.45) is 5.73 Å². The summed E-state index contributed by atoms with van der Waals surface area (Å²) in [5, 5.41) is 0. The summed E-state index contributed by atoms with van der Waals surface area (Å²) >= 11 is 0. The summed E-state index contributed by atoms with van der Waals surface area (Å²) in [4.78, 5) is 2.24. The molecule has 2 N–H and O–H groups in total. The fraction of sp³-hybridized carbons (Fsp3) is 1.00. The van der Waals surface area contributed by atoms with Gasteiger partial charge in [-0.05, 0) is 26.9 Å². The van der Waals surface area contributed by atoms with E-state index in [2.05, 4.69) is 19.0 Å². The van der Waals surface area contributed by atoms with Crippen molar-refractivity contribution >= 4 is 0 Å². The Bertz CT molecular complexity index is 75.3. The first-order valence-electron chi connectivity index (χ1n) is 4.12. The van der Waals surface area contributed by atoms with Crippen LogP contribution in [-0.4, -0.2) is 31.1 Å². The third-order valence-corrected chi connectivity index (χ3v) is 1.88. The number of nitrogens with two attached hydrogens (primary N) is 1. The molecule has 0 unspecified atom stereocenters. The van der Waals surface area contributed by atoms with Crippen LogP contribution in [0.4, 0.5) is 0 Å². The smallest absolute Gasteiger partial charge is 0.0119 e. The van der Waals surface area contributed by atoms with E-state index in [9.17, 15) is 0 Å². The molecule has 62 valence electrons. The Labute approximate surface area is 64.4 Å². The highest BCUT2D eigenvalue weighted by molar-refractivity contribution is 4.86. The molecule has 0 aromatic rings. The summed E-state index contributed by atoms with van der Waals surface area (Å²) in [6.07, 6.45) is 2.38. The lowest BCUT2D eigenvalue weighted by molar-refractivity contribution is 0.168. The van der Waals surface area contributed by atoms with Crippen molar-refractivity contribution in [3.05, 3.63) is 0 Å². The molecule has 1 rings (SSSR count). The summed E-state index contributed by atoms with van der Waals surface area (Å²) in [6.45, 7) is 4.00. The fourth-order valence-electron chi connectivity index (χ4n) is 1.05. The van der Waals surface area contributed by atoms with Gasteiger partial charge in [-0.15, -0.1) is 0 Å². The minimum Gasteiger partial charge on any atom is -0.328 e. The van der Waals surface area contributed by atoms with Gasteiger partial charge in [0.15, 0.2) is 0 Å². The number of hydrogen-bond acceptors (Lipinski definition) is 2. The molecule has 1 aliphatic rings. The summed E-state index contributed by atoms with van der Waals surface area (Å²) in [7, 11) is 4.22. The molecule has 0 aliphatic heterocycles. The normalized spacial score (nSPS) is 30.6. The molecule has 0 atom stereocenters. The van der Waals surface area contributed by atoms with Gasteiger partial charge in [-0.1, -0.05) is 13.8 Å². The Morgan fingerprint density at radius 2 is 1.60 bits per heavy atom. The summed E-state index contributed by atoms with van der Waals surface area (Å²) in [5.41, 5.74) is 5.58. The molecule has 0 amide bonds. The summed E-state index contributed by atoms with van der Waals surface area (Å²) in [5.74, 6) is 0. The zero-order valence-corrected chi connectivity index (χ0v) is 7.59. The van der Waals surface area contributed by atoms with Crippen molar-refractivity contribution in [2.45, 2.75) is 38.8 Å². The Morgan fingerprint density at radius 3 is 1.70 bits per heavy atom. The second kappa shape index (κ2) is 4.69. The topological polar surface area (TPSA) is 29.3 Å². The van der Waals surface area contributed by atoms with E-state index in [0.717, 1.165) is 6.04 Å². The van der Waals surface area contributed by atoms with Gasteiger partial charge in [0.1, 0.15) is 0 Å². The lowest BCUT2D eigenvalue weighted by Gasteiger charge is -2.37. The number of nitrogens with zero attached hydrogens (tertiary/aromatic N) is 1. The van der Waals surface area contributed by atoms with E-state index >= 15 is 0 Å². The van der Waals surface area contributed by atoms with E-state index in [1.54, 1.807) is 0 Å². The van der Waals surface area contributed by atoms with Crippen LogP contribution in [-0.2, 0) is 0 Å². The quantitative estimate of drug-likeness (QED) is 0.596. The molecular formula is C8H20N2. The van der Waals surface area contributed by atoms with Gasteiger partial charge in [0.25, 0.3) is 0 Å². The highest BCUT2D eigenvalue weighted by Crippen LogP contribution is 2.20. The molecule has 0 aromatic carbocycles. The maximum atomic E-state index is 5.58. The van der Waals surface area contributed by atoms with Crippen molar-refractivity contribution < 1.29 is 0 Å². The van der Waals surface area contributed by atoms with Crippen LogP contribution < -0.4 is 5.73 Å². The zero-order valence-electron chi connectivity index (χ0n) is 7.59. The standard InChI is InChI=1S/C6H14N2.C2H6/c1-8(2)6-3-5(7)4-6;1-2/h5-6H,3-4,7H2,1-2H3;1-2H3. The van der Waals surface area contributed by atoms with Crippen molar-refractivity contribution in [3.8, 4) is 0 Å². The van der Waals surface area contributed by atoms with Gasteiger partial charge in [0.05, 0.1) is 0 Å². The van der Waals surface area contributed by atoms with Crippen LogP contribution in [0.5, 0.6) is 0 Å². The minimum absolute atomic E-state index is 0.488. The second-order valence-electron chi connectivity index (χ2n) is 2.85. The molecule has 2 nitrogen and oxygen atoms in total. The molecule has 2 heteroatoms. The van der Waals surface area contributed by atoms with Gasteiger partial charge in [0.2, 0.25) is 0 Å². The van der Waals surface area contributed by atoms with Gasteiger partial charge in [0, 0.05) is 12.1 Å². The highest BCUT2D eigenvalue weighted by Gasteiger charge is 2.26. The molecule has 1 aliphatic carbocycles. The van der Waals surface area contributed by atoms with E-state index in [1.807, 2.05) is 13.8 Å². The van der Waals surface area contributed by atoms with Gasteiger partial charge in [-0.3, -0.25) is 0 Å². The molecule has 10 heavy (non-hydrogen) atoms. The van der Waals surface area contributed by atoms with E-state index in [-0.39, 0.29) is 0 Å². The van der Waals surface area contributed by atoms with Gasteiger partial charge in [-0.2, -0.15) is 0 Å². The van der Waals surface area contributed by atoms with Crippen LogP contribution >= 0.6 is 0 Å². The van der Waals surface area contributed by atoms with Gasteiger partial charge >= 0.3 is 0 Å². The van der Waals surface area contributed by atoms with Gasteiger partial charge < -0.3 is 10.6 Å². The molecule has 0 aromatic heterocycles. The van der Waals surface area contributed by atoms with E-state index in [4.69, 9.17) is 5.73 Å². The Hall–Kier alpha value is -0.0800. The average Bonchev–Trinajstić information content (AvgIpc) is 1.86. The van der Waals surface area contributed by atoms with Crippen molar-refractivity contribution in [1.29, 1.82) is 0 Å². The molecular weight excluding hydrogens is 124 g/mol. The Balaban J connectivity index is 0.000000371. The second-order valence-corrected chi connectivity index (χ2v) is 2.85. The first-order chi connectivity index (χ1) is 4.70. The lowest BCUT2D eigenvalue weighted by Crippen LogP contribution is -2.47. The lowest BCUT2D eigenvalue weighted by atomic mass is 9.87. The third-order valence-electron chi connectivity index (χ3n) is 1.88. The first kappa shape index (κ1) is 9.92. The zero-order chi connectivity index (χ0) is 8.15. The fourth-order valence-corrected chi connectivity index (χ4v) is 1.05. The van der Waals surface area contributed by atoms with E-state index < -0.39 is 0 Å². The van der Waals surface area contributed by atoms with Crippen LogP contribution in [0.25, 0.3) is 0 Å². The van der Waals surface area contributed by atoms with Crippen molar-refractivity contribution in [3.63, 3.8) is 0 Å². The molecule has 0 spiro atoms. The molecule has 0 radical (unpaired) electrons. The molecule has 1 fully saturated rings. The van der Waals surface area contributed by atoms with Gasteiger partial charge in [-0.25, -0.2) is 0 Å². The Morgan fingerprint density at radius 1 is 1.20 bits per heavy atom. The first-order valence-corrected chi connectivity index (χ1v) is 4.12. The summed E-state index contributed by atoms with van der Waals surface area (Å²) in [6, 6.07) is 1.26. The van der Waals surface area contributed by atoms with Crippen LogP contribution in [0.3, 0.4) is 0 Å². The molecule has 0 bridgehead atoms. The average molecular weight is 144 g/mol. The van der Waals surface area contributed by atoms with Crippen LogP contribution in [0, 0.1) is 0 Å². The van der Waals surface area contributed by atoms with Crippen LogP contribution in [0.2, 0.25) is 0 Å². The maximum absolute atomic E-state index is 5.58. The predicted molar refractivity (Wildman–Crippen MR) is 46.0 cm³/mol. The Kier molecular flexibility index (Phi) is 4.65. The van der Waals surface area contributed by atoms with E-state index in [1.165, 1.54) is 12.8 Å². The molecule has 0 saturated heterocycles. The maximum Gasteiger partial charge on any atom is 0.0119 e. The van der Waals surface area contributed by atoms with Crippen molar-refractivity contribution in [1.82, 2.24) is 4.90 Å². The largest absolute Gasteiger partial charge is 0.328 e. The summed E-state index contributed by atoms with van der Waals surface area (Å²) < 4.78 is 0. The van der Waals surface area contributed by atoms with E-state index in [0.29, 0.717) is 6.04 Å². The third kappa shape index (κ3) is 2.67. The van der Waals surface area contributed by atoms with Crippen LogP contribution in [0.1, 0.15) is 26.7 Å². The monoisotopic (exact) mass is 144 g/mol. The molecule has 0 heterocycles. The van der Waals surface area contributed by atoms with Crippen LogP contribution in [0.15, 0.2) is 0 Å².